The summed E-state index contributed by atoms with van der Waals surface area (Å²) in [6.07, 6.45) is 2.03. The van der Waals surface area contributed by atoms with Crippen LogP contribution in [-0.4, -0.2) is 134 Å². The molecular weight excluding hydrogens is 1170 g/mol. The van der Waals surface area contributed by atoms with Gasteiger partial charge in [0.25, 0.3) is 40.5 Å². The molecule has 0 atom stereocenters. The van der Waals surface area contributed by atoms with Gasteiger partial charge in [-0.1, -0.05) is 24.3 Å². The Morgan fingerprint density at radius 2 is 0.731 bits per heavy atom. The minimum absolute atomic E-state index is 0. The Kier molecular flexibility index (Phi) is 21.4. The molecule has 38 heteroatoms. The monoisotopic (exact) mass is 1220 g/mol. The van der Waals surface area contributed by atoms with Crippen LogP contribution in [0.3, 0.4) is 0 Å². The minimum atomic E-state index is -5.36. The van der Waals surface area contributed by atoms with Crippen LogP contribution in [0.2, 0.25) is 0 Å². The average Bonchev–Trinajstić information content (AvgIpc) is 3.30. The normalized spacial score (nSPS) is 12.3. The first-order valence-electron chi connectivity index (χ1n) is 21.4. The number of benzene rings is 4. The second-order valence-electron chi connectivity index (χ2n) is 15.4. The zero-order valence-corrected chi connectivity index (χ0v) is 50.3. The first-order valence-corrected chi connectivity index (χ1v) is 30.0. The number of anilines is 10. The summed E-state index contributed by atoms with van der Waals surface area (Å²) in [4.78, 5) is 23.5. The van der Waals surface area contributed by atoms with Crippen LogP contribution in [-0.2, 0) is 60.7 Å². The molecule has 2 heterocycles. The fraction of sp³-hybridized carbons (Fsp3) is 0.200. The summed E-state index contributed by atoms with van der Waals surface area (Å²) in [6, 6.07) is 10.6. The van der Waals surface area contributed by atoms with E-state index in [1.54, 1.807) is 37.5 Å². The van der Waals surface area contributed by atoms with E-state index in [9.17, 15) is 77.8 Å². The van der Waals surface area contributed by atoms with Crippen molar-refractivity contribution in [3.05, 3.63) is 83.9 Å². The summed E-state index contributed by atoms with van der Waals surface area (Å²) in [5.74, 6) is -1.77. The van der Waals surface area contributed by atoms with Crippen LogP contribution in [0.5, 0.6) is 0 Å². The van der Waals surface area contributed by atoms with Gasteiger partial charge in [0.15, 0.2) is 0 Å². The third-order valence-corrected chi connectivity index (χ3v) is 15.7. The molecule has 0 unspecified atom stereocenters. The third-order valence-electron chi connectivity index (χ3n) is 10.4. The molecule has 2 aromatic heterocycles. The molecule has 0 fully saturated rings. The van der Waals surface area contributed by atoms with Gasteiger partial charge in [-0.05, 0) is 99.5 Å². The number of hydrogen-bond acceptors (Lipinski definition) is 26. The maximum Gasteiger partial charge on any atom is 1.00 e. The molecule has 0 saturated carbocycles. The molecule has 0 radical (unpaired) electrons. The zero-order chi connectivity index (χ0) is 56.3. The predicted octanol–water partition coefficient (Wildman–Crippen LogP) is -2.30. The van der Waals surface area contributed by atoms with Crippen molar-refractivity contribution in [3.8, 4) is 0 Å². The number of aromatic nitrogens is 6. The summed E-state index contributed by atoms with van der Waals surface area (Å²) in [6.45, 7) is 8.09. The first kappa shape index (κ1) is 65.4. The van der Waals surface area contributed by atoms with E-state index in [-0.39, 0.29) is 105 Å². The second kappa shape index (κ2) is 25.6. The Balaban J connectivity index is 0.00000656. The van der Waals surface area contributed by atoms with Crippen LogP contribution in [0, 0.1) is 0 Å². The first-order chi connectivity index (χ1) is 35.2. The molecule has 0 amide bonds. The van der Waals surface area contributed by atoms with Gasteiger partial charge in [0.1, 0.15) is 30.0 Å². The van der Waals surface area contributed by atoms with Gasteiger partial charge in [-0.25, -0.2) is 16.8 Å². The number of nitrogens with zero attached hydrogens (tertiary/aromatic N) is 8. The van der Waals surface area contributed by atoms with Crippen molar-refractivity contribution in [3.63, 3.8) is 0 Å². The van der Waals surface area contributed by atoms with Gasteiger partial charge in [0.05, 0.1) is 31.0 Å². The third kappa shape index (κ3) is 16.7. The molecule has 6 rings (SSSR count). The fourth-order valence-corrected chi connectivity index (χ4v) is 10.5. The maximum absolute atomic E-state index is 12.7. The van der Waals surface area contributed by atoms with Crippen LogP contribution in [0.4, 0.5) is 58.4 Å². The van der Waals surface area contributed by atoms with E-state index >= 15 is 0 Å². The minimum Gasteiger partial charge on any atom is -0.744 e. The van der Waals surface area contributed by atoms with Gasteiger partial charge < -0.3 is 40.2 Å². The fourth-order valence-electron chi connectivity index (χ4n) is 6.84. The Labute approximate surface area is 491 Å². The summed E-state index contributed by atoms with van der Waals surface area (Å²) in [5, 5.41) is 10.3. The standard InChI is InChI=1S/C40H44N12O18S6.2Na/c1-5-51(6-2)39-47-35(45-37(49-39)43-29-21-27(71(53,54)55)15-17-31(29)73(59,60)61)41-25-13-11-23(33(19-25)75(65,66)67)9-10-24-12-14-26(20-34(24)76(68,69)70)42-36-46-38(50-40(48-36)52(7-3)8-4)44-30-22-28(72(56,57)58)16-18-32(30)74(62,63)64;;/h9-22H,5-8H2,1-4H3,(H,53,54,55)(H,56,57,58)(H,59,60,61)(H,62,63,64)(H,65,66,67)(H,68,69,70)(H2,41,43,45,47,49)(H2,42,44,46,48,50);;/q;2*+1/p-2. The van der Waals surface area contributed by atoms with Gasteiger partial charge >= 0.3 is 59.1 Å². The molecular formula is C40H42N12Na2O18S6. The van der Waals surface area contributed by atoms with Crippen molar-refractivity contribution < 1.29 is 137 Å². The van der Waals surface area contributed by atoms with Crippen molar-refractivity contribution in [1.29, 1.82) is 0 Å². The Morgan fingerprint density at radius 1 is 0.423 bits per heavy atom. The second-order valence-corrected chi connectivity index (χ2v) is 23.7. The van der Waals surface area contributed by atoms with E-state index in [0.29, 0.717) is 62.6 Å². The average molecular weight is 1220 g/mol. The summed E-state index contributed by atoms with van der Waals surface area (Å²) >= 11 is 0. The van der Waals surface area contributed by atoms with Crippen LogP contribution in [0.25, 0.3) is 12.2 Å². The van der Waals surface area contributed by atoms with Crippen molar-refractivity contribution >= 4 is 131 Å². The molecule has 8 N–H and O–H groups in total. The Morgan fingerprint density at radius 3 is 1.00 bits per heavy atom. The molecule has 0 aliphatic carbocycles. The molecule has 4 aromatic carbocycles. The number of nitrogens with one attached hydrogen (secondary N) is 4. The van der Waals surface area contributed by atoms with E-state index in [1.165, 1.54) is 12.1 Å². The topological polar surface area (TPSA) is 464 Å². The molecule has 78 heavy (non-hydrogen) atoms. The quantitative estimate of drug-likeness (QED) is 0.0201. The van der Waals surface area contributed by atoms with E-state index in [0.717, 1.165) is 36.4 Å². The van der Waals surface area contributed by atoms with Gasteiger partial charge in [0.2, 0.25) is 35.7 Å². The van der Waals surface area contributed by atoms with Crippen molar-refractivity contribution in [2.75, 3.05) is 57.2 Å². The maximum atomic E-state index is 12.7. The molecule has 0 spiro atoms. The summed E-state index contributed by atoms with van der Waals surface area (Å²) in [5.41, 5.74) is -2.13. The van der Waals surface area contributed by atoms with E-state index < -0.39 is 113 Å². The largest absolute Gasteiger partial charge is 1.00 e. The van der Waals surface area contributed by atoms with E-state index in [1.807, 2.05) is 0 Å². The molecule has 0 bridgehead atoms. The number of hydrogen-bond donors (Lipinski definition) is 8. The van der Waals surface area contributed by atoms with Gasteiger partial charge in [-0.15, -0.1) is 0 Å². The number of rotatable bonds is 22. The van der Waals surface area contributed by atoms with E-state index in [4.69, 9.17) is 0 Å². The molecule has 0 aliphatic heterocycles. The Bertz CT molecular complexity index is 3730. The van der Waals surface area contributed by atoms with Crippen LogP contribution in [0.1, 0.15) is 38.8 Å². The Hall–Kier alpha value is -5.10. The van der Waals surface area contributed by atoms with Gasteiger partial charge in [-0.2, -0.15) is 63.6 Å². The van der Waals surface area contributed by atoms with Crippen LogP contribution >= 0.6 is 0 Å². The molecule has 30 nitrogen and oxygen atoms in total. The van der Waals surface area contributed by atoms with Crippen molar-refractivity contribution in [2.24, 2.45) is 0 Å². The van der Waals surface area contributed by atoms with Crippen molar-refractivity contribution in [2.45, 2.75) is 57.1 Å². The summed E-state index contributed by atoms with van der Waals surface area (Å²) in [7, 11) is -30.6. The van der Waals surface area contributed by atoms with Gasteiger partial charge in [0, 0.05) is 37.6 Å². The van der Waals surface area contributed by atoms with Crippen molar-refractivity contribution in [1.82, 2.24) is 29.9 Å². The van der Waals surface area contributed by atoms with E-state index in [2.05, 4.69) is 51.2 Å². The van der Waals surface area contributed by atoms with Crippen LogP contribution < -0.4 is 90.2 Å². The molecule has 0 aliphatic rings. The van der Waals surface area contributed by atoms with Gasteiger partial charge in [-0.3, -0.25) is 18.2 Å². The molecule has 408 valence electrons. The van der Waals surface area contributed by atoms with Crippen LogP contribution in [0.15, 0.2) is 102 Å². The predicted molar refractivity (Wildman–Crippen MR) is 270 cm³/mol. The SMILES string of the molecule is CCN(CC)c1nc(Nc2ccc(C=Cc3ccc(Nc4nc(Nc5cc(S(=O)(=O)O)ccc5S(=O)(=O)O)nc(N(CC)CC)n4)cc3S(=O)(=O)[O-])c(S(=O)(=O)[O-])c2)nc(Nc2cc(S(=O)(=O)O)ccc2S(=O)(=O)O)n1.[Na+].[Na+]. The molecule has 6 aromatic rings. The summed E-state index contributed by atoms with van der Waals surface area (Å²) < 4.78 is 211. The molecule has 0 saturated heterocycles. The zero-order valence-electron chi connectivity index (χ0n) is 41.4. The smallest absolute Gasteiger partial charge is 0.744 e.